The highest BCUT2D eigenvalue weighted by atomic mass is 16.5. The molecule has 3 N–H and O–H groups in total. The predicted octanol–water partition coefficient (Wildman–Crippen LogP) is 0.0283. The lowest BCUT2D eigenvalue weighted by atomic mass is 10.2. The number of carbonyl (C=O) groups is 1. The van der Waals surface area contributed by atoms with E-state index in [1.807, 2.05) is 18.5 Å². The van der Waals surface area contributed by atoms with Gasteiger partial charge in [-0.15, -0.1) is 0 Å². The number of ether oxygens (including phenoxy) is 1. The number of nitrogens with one attached hydrogen (secondary N) is 2. The predicted molar refractivity (Wildman–Crippen MR) is 55.1 cm³/mol. The van der Waals surface area contributed by atoms with Crippen LogP contribution in [-0.4, -0.2) is 35.8 Å². The van der Waals surface area contributed by atoms with Crippen LogP contribution in [0, 0.1) is 0 Å². The van der Waals surface area contributed by atoms with E-state index in [2.05, 4.69) is 15.0 Å². The summed E-state index contributed by atoms with van der Waals surface area (Å²) in [7, 11) is 1.31. The van der Waals surface area contributed by atoms with Crippen molar-refractivity contribution in [1.82, 2.24) is 10.3 Å². The Kier molecular flexibility index (Phi) is 4.86. The summed E-state index contributed by atoms with van der Waals surface area (Å²) in [6, 6.07) is 1.94. The highest BCUT2D eigenvalue weighted by Crippen LogP contribution is 1.96. The minimum Gasteiger partial charge on any atom is -0.469 e. The molecule has 0 saturated heterocycles. The molecule has 0 bridgehead atoms. The zero-order valence-electron chi connectivity index (χ0n) is 8.69. The summed E-state index contributed by atoms with van der Waals surface area (Å²) in [6.45, 7) is 1.04. The van der Waals surface area contributed by atoms with Crippen molar-refractivity contribution >= 4 is 5.97 Å². The van der Waals surface area contributed by atoms with Gasteiger partial charge in [0.1, 0.15) is 0 Å². The van der Waals surface area contributed by atoms with Gasteiger partial charge in [-0.2, -0.15) is 0 Å². The van der Waals surface area contributed by atoms with Crippen LogP contribution >= 0.6 is 0 Å². The minimum atomic E-state index is -0.698. The molecule has 1 aromatic heterocycles. The summed E-state index contributed by atoms with van der Waals surface area (Å²) < 4.78 is 4.44. The molecular formula is C10H16N2O3. The molecule has 0 aliphatic carbocycles. The van der Waals surface area contributed by atoms with Crippen molar-refractivity contribution < 1.29 is 14.6 Å². The van der Waals surface area contributed by atoms with Crippen molar-refractivity contribution in [3.63, 3.8) is 0 Å². The molecule has 0 aliphatic heterocycles. The third-order valence-corrected chi connectivity index (χ3v) is 2.00. The highest BCUT2D eigenvalue weighted by Gasteiger charge is 2.09. The molecule has 0 saturated carbocycles. The minimum absolute atomic E-state index is 0.0244. The fraction of sp³-hybridized carbons (Fsp3) is 0.500. The second kappa shape index (κ2) is 6.21. The monoisotopic (exact) mass is 212 g/mol. The molecule has 15 heavy (non-hydrogen) atoms. The maximum Gasteiger partial charge on any atom is 0.308 e. The van der Waals surface area contributed by atoms with Gasteiger partial charge in [-0.1, -0.05) is 0 Å². The van der Waals surface area contributed by atoms with E-state index in [1.165, 1.54) is 7.11 Å². The standard InChI is InChI=1S/C10H16N2O3/c1-15-10(14)4-9(13)7-12-6-8-2-3-11-5-8/h2-3,5,9,11-13H,4,6-7H2,1H3. The van der Waals surface area contributed by atoms with Gasteiger partial charge in [0.2, 0.25) is 0 Å². The summed E-state index contributed by atoms with van der Waals surface area (Å²) in [5.74, 6) is -0.397. The SMILES string of the molecule is COC(=O)CC(O)CNCc1cc[nH]c1. The molecule has 0 amide bonds. The molecular weight excluding hydrogens is 196 g/mol. The molecule has 1 aromatic rings. The highest BCUT2D eigenvalue weighted by molar-refractivity contribution is 5.69. The number of aliphatic hydroxyl groups excluding tert-OH is 1. The topological polar surface area (TPSA) is 74.3 Å². The van der Waals surface area contributed by atoms with Gasteiger partial charge in [0.25, 0.3) is 0 Å². The first-order valence-electron chi connectivity index (χ1n) is 4.79. The Balaban J connectivity index is 2.12. The number of aromatic nitrogens is 1. The van der Waals surface area contributed by atoms with Crippen LogP contribution in [0.4, 0.5) is 0 Å². The van der Waals surface area contributed by atoms with Crippen molar-refractivity contribution in [3.8, 4) is 0 Å². The van der Waals surface area contributed by atoms with Crippen LogP contribution in [-0.2, 0) is 16.1 Å². The normalized spacial score (nSPS) is 12.4. The molecule has 0 fully saturated rings. The van der Waals surface area contributed by atoms with E-state index in [4.69, 9.17) is 0 Å². The molecule has 0 spiro atoms. The number of aromatic amines is 1. The number of hydrogen-bond donors (Lipinski definition) is 3. The number of H-pyrrole nitrogens is 1. The summed E-state index contributed by atoms with van der Waals surface area (Å²) in [5, 5.41) is 12.4. The molecule has 1 atom stereocenters. The number of rotatable bonds is 6. The van der Waals surface area contributed by atoms with E-state index in [0.29, 0.717) is 13.1 Å². The molecule has 0 aromatic carbocycles. The lowest BCUT2D eigenvalue weighted by Crippen LogP contribution is -2.28. The fourth-order valence-electron chi connectivity index (χ4n) is 1.20. The number of methoxy groups -OCH3 is 1. The van der Waals surface area contributed by atoms with Crippen molar-refractivity contribution in [2.75, 3.05) is 13.7 Å². The molecule has 0 radical (unpaired) electrons. The van der Waals surface area contributed by atoms with Crippen molar-refractivity contribution in [2.45, 2.75) is 19.1 Å². The second-order valence-electron chi connectivity index (χ2n) is 3.28. The summed E-state index contributed by atoms with van der Waals surface area (Å²) >= 11 is 0. The van der Waals surface area contributed by atoms with Crippen molar-refractivity contribution in [3.05, 3.63) is 24.0 Å². The Morgan fingerprint density at radius 3 is 3.13 bits per heavy atom. The zero-order chi connectivity index (χ0) is 11.1. The Morgan fingerprint density at radius 1 is 1.73 bits per heavy atom. The maximum atomic E-state index is 10.8. The van der Waals surface area contributed by atoms with Crippen LogP contribution in [0.15, 0.2) is 18.5 Å². The van der Waals surface area contributed by atoms with E-state index in [9.17, 15) is 9.90 Å². The first-order valence-corrected chi connectivity index (χ1v) is 4.79. The van der Waals surface area contributed by atoms with Crippen LogP contribution < -0.4 is 5.32 Å². The van der Waals surface area contributed by atoms with Gasteiger partial charge in [-0.25, -0.2) is 0 Å². The molecule has 1 unspecified atom stereocenters. The maximum absolute atomic E-state index is 10.8. The Morgan fingerprint density at radius 2 is 2.53 bits per heavy atom. The number of esters is 1. The third-order valence-electron chi connectivity index (χ3n) is 2.00. The largest absolute Gasteiger partial charge is 0.469 e. The van der Waals surface area contributed by atoms with E-state index in [1.54, 1.807) is 0 Å². The van der Waals surface area contributed by atoms with Gasteiger partial charge in [-0.05, 0) is 11.6 Å². The van der Waals surface area contributed by atoms with Crippen LogP contribution in [0.25, 0.3) is 0 Å². The third kappa shape index (κ3) is 4.62. The molecule has 5 nitrogen and oxygen atoms in total. The zero-order valence-corrected chi connectivity index (χ0v) is 8.69. The van der Waals surface area contributed by atoms with Gasteiger partial charge in [0, 0.05) is 25.5 Å². The van der Waals surface area contributed by atoms with Crippen molar-refractivity contribution in [2.24, 2.45) is 0 Å². The van der Waals surface area contributed by atoms with Crippen LogP contribution in [0.5, 0.6) is 0 Å². The van der Waals surface area contributed by atoms with Crippen LogP contribution in [0.1, 0.15) is 12.0 Å². The quantitative estimate of drug-likeness (QED) is 0.581. The lowest BCUT2D eigenvalue weighted by Gasteiger charge is -2.09. The average molecular weight is 212 g/mol. The van der Waals surface area contributed by atoms with Crippen LogP contribution in [0.3, 0.4) is 0 Å². The van der Waals surface area contributed by atoms with Crippen molar-refractivity contribution in [1.29, 1.82) is 0 Å². The Labute approximate surface area is 88.4 Å². The summed E-state index contributed by atoms with van der Waals surface area (Å²) in [6.07, 6.45) is 3.04. The first-order chi connectivity index (χ1) is 7.22. The summed E-state index contributed by atoms with van der Waals surface area (Å²) in [5.41, 5.74) is 1.11. The van der Waals surface area contributed by atoms with Gasteiger partial charge in [-0.3, -0.25) is 4.79 Å². The van der Waals surface area contributed by atoms with Gasteiger partial charge >= 0.3 is 5.97 Å². The number of aliphatic hydroxyl groups is 1. The first kappa shape index (κ1) is 11.7. The van der Waals surface area contributed by atoms with Gasteiger partial charge in [0.05, 0.1) is 19.6 Å². The van der Waals surface area contributed by atoms with E-state index < -0.39 is 12.1 Å². The molecule has 1 rings (SSSR count). The Bertz CT molecular complexity index is 285. The fourth-order valence-corrected chi connectivity index (χ4v) is 1.20. The average Bonchev–Trinajstić information content (AvgIpc) is 2.70. The summed E-state index contributed by atoms with van der Waals surface area (Å²) in [4.78, 5) is 13.7. The molecule has 1 heterocycles. The van der Waals surface area contributed by atoms with Gasteiger partial charge < -0.3 is 20.1 Å². The lowest BCUT2D eigenvalue weighted by molar-refractivity contribution is -0.142. The number of hydrogen-bond acceptors (Lipinski definition) is 4. The molecule has 84 valence electrons. The van der Waals surface area contributed by atoms with Crippen LogP contribution in [0.2, 0.25) is 0 Å². The van der Waals surface area contributed by atoms with Gasteiger partial charge in [0.15, 0.2) is 0 Å². The molecule has 5 heteroatoms. The van der Waals surface area contributed by atoms with E-state index in [-0.39, 0.29) is 6.42 Å². The van der Waals surface area contributed by atoms with E-state index in [0.717, 1.165) is 5.56 Å². The Hall–Kier alpha value is -1.33. The number of carbonyl (C=O) groups excluding carboxylic acids is 1. The smallest absolute Gasteiger partial charge is 0.308 e. The molecule has 0 aliphatic rings. The second-order valence-corrected chi connectivity index (χ2v) is 3.28. The van der Waals surface area contributed by atoms with E-state index >= 15 is 0 Å².